The smallest absolute Gasteiger partial charge is 0.274 e. The highest BCUT2D eigenvalue weighted by Crippen LogP contribution is 2.06. The second kappa shape index (κ2) is 3.39. The maximum atomic E-state index is 11.5. The summed E-state index contributed by atoms with van der Waals surface area (Å²) in [4.78, 5) is 17.6. The molecule has 0 unspecified atom stereocenters. The van der Waals surface area contributed by atoms with Crippen LogP contribution in [0.4, 0.5) is 0 Å². The molecule has 2 aromatic rings. The highest BCUT2D eigenvalue weighted by molar-refractivity contribution is 7.89. The van der Waals surface area contributed by atoms with Gasteiger partial charge in [-0.3, -0.25) is 14.5 Å². The predicted octanol–water partition coefficient (Wildman–Crippen LogP) is -1.44. The number of aryl methyl sites for hydroxylation is 1. The van der Waals surface area contributed by atoms with Gasteiger partial charge in [0, 0.05) is 7.05 Å². The lowest BCUT2D eigenvalue weighted by Gasteiger charge is -2.01. The molecule has 0 spiro atoms. The number of H-pyrrole nitrogens is 1. The molecule has 0 bridgehead atoms. The quantitative estimate of drug-likeness (QED) is 0.628. The molecule has 0 atom stereocenters. The minimum absolute atomic E-state index is 0.220. The van der Waals surface area contributed by atoms with Crippen molar-refractivity contribution in [2.24, 2.45) is 7.05 Å². The Morgan fingerprint density at radius 2 is 2.19 bits per heavy atom. The van der Waals surface area contributed by atoms with Gasteiger partial charge < -0.3 is 0 Å². The van der Waals surface area contributed by atoms with Gasteiger partial charge in [-0.2, -0.15) is 10.1 Å². The lowest BCUT2D eigenvalue weighted by Crippen LogP contribution is -2.24. The van der Waals surface area contributed by atoms with Gasteiger partial charge in [-0.05, 0) is 7.05 Å². The average molecular weight is 243 g/mol. The molecular weight excluding hydrogens is 234 g/mol. The molecule has 2 aromatic heterocycles. The van der Waals surface area contributed by atoms with E-state index in [2.05, 4.69) is 19.8 Å². The first kappa shape index (κ1) is 10.8. The van der Waals surface area contributed by atoms with Crippen LogP contribution in [0.3, 0.4) is 0 Å². The van der Waals surface area contributed by atoms with Gasteiger partial charge >= 0.3 is 0 Å². The number of nitrogens with zero attached hydrogens (tertiary/aromatic N) is 3. The van der Waals surface area contributed by atoms with Gasteiger partial charge in [0.2, 0.25) is 5.16 Å². The Kier molecular flexibility index (Phi) is 2.28. The molecular formula is C7H9N5O3S. The van der Waals surface area contributed by atoms with Crippen molar-refractivity contribution in [2.45, 2.75) is 5.16 Å². The van der Waals surface area contributed by atoms with E-state index in [1.165, 1.54) is 17.9 Å². The van der Waals surface area contributed by atoms with E-state index in [-0.39, 0.29) is 11.0 Å². The van der Waals surface area contributed by atoms with E-state index in [0.717, 1.165) is 0 Å². The van der Waals surface area contributed by atoms with Crippen molar-refractivity contribution in [1.82, 2.24) is 24.5 Å². The first-order valence-electron chi connectivity index (χ1n) is 4.31. The minimum atomic E-state index is -3.76. The third kappa shape index (κ3) is 1.49. The maximum absolute atomic E-state index is 11.5. The van der Waals surface area contributed by atoms with Crippen LogP contribution in [0.5, 0.6) is 0 Å². The third-order valence-corrected chi connectivity index (χ3v) is 3.34. The van der Waals surface area contributed by atoms with E-state index >= 15 is 0 Å². The van der Waals surface area contributed by atoms with E-state index in [9.17, 15) is 13.2 Å². The number of nitrogens with one attached hydrogen (secondary N) is 2. The Hall–Kier alpha value is -1.74. The summed E-state index contributed by atoms with van der Waals surface area (Å²) in [6.45, 7) is 0. The normalized spacial score (nSPS) is 12.1. The largest absolute Gasteiger partial charge is 0.295 e. The lowest BCUT2D eigenvalue weighted by molar-refractivity contribution is 0.578. The summed E-state index contributed by atoms with van der Waals surface area (Å²) in [5, 5.41) is 3.65. The van der Waals surface area contributed by atoms with Crippen molar-refractivity contribution in [3.63, 3.8) is 0 Å². The van der Waals surface area contributed by atoms with Crippen LogP contribution in [-0.4, -0.2) is 35.2 Å². The number of rotatable bonds is 2. The van der Waals surface area contributed by atoms with E-state index in [0.29, 0.717) is 0 Å². The molecule has 8 nitrogen and oxygen atoms in total. The van der Waals surface area contributed by atoms with Crippen molar-refractivity contribution in [1.29, 1.82) is 0 Å². The predicted molar refractivity (Wildman–Crippen MR) is 55.4 cm³/mol. The Morgan fingerprint density at radius 1 is 1.50 bits per heavy atom. The standard InChI is InChI=1S/C7H9N5O3S/c1-8-16(14,15)7-10-5-4(6(13)11-7)3-9-12(5)2/h3,8H,1-2H3,(H,10,11,13). The summed E-state index contributed by atoms with van der Waals surface area (Å²) in [5.74, 6) is 0. The molecule has 86 valence electrons. The highest BCUT2D eigenvalue weighted by Gasteiger charge is 2.17. The fourth-order valence-corrected chi connectivity index (χ4v) is 1.86. The zero-order chi connectivity index (χ0) is 11.9. The lowest BCUT2D eigenvalue weighted by atomic mass is 10.4. The van der Waals surface area contributed by atoms with Crippen molar-refractivity contribution in [2.75, 3.05) is 7.05 Å². The number of aromatic nitrogens is 4. The van der Waals surface area contributed by atoms with Gasteiger partial charge in [-0.15, -0.1) is 0 Å². The molecule has 2 heterocycles. The van der Waals surface area contributed by atoms with Crippen molar-refractivity contribution >= 4 is 21.1 Å². The van der Waals surface area contributed by atoms with Crippen molar-refractivity contribution < 1.29 is 8.42 Å². The molecule has 0 amide bonds. The summed E-state index contributed by atoms with van der Waals surface area (Å²) < 4.78 is 26.3. The highest BCUT2D eigenvalue weighted by atomic mass is 32.2. The Labute approximate surface area is 90.4 Å². The van der Waals surface area contributed by atoms with Crippen LogP contribution in [0.15, 0.2) is 16.1 Å². The van der Waals surface area contributed by atoms with Gasteiger partial charge in [0.25, 0.3) is 15.6 Å². The van der Waals surface area contributed by atoms with Crippen LogP contribution < -0.4 is 10.3 Å². The van der Waals surface area contributed by atoms with Gasteiger partial charge in [0.1, 0.15) is 5.39 Å². The van der Waals surface area contributed by atoms with E-state index in [1.807, 2.05) is 0 Å². The number of sulfonamides is 1. The van der Waals surface area contributed by atoms with Crippen LogP contribution >= 0.6 is 0 Å². The number of aromatic amines is 1. The Balaban J connectivity index is 2.86. The zero-order valence-corrected chi connectivity index (χ0v) is 9.37. The molecule has 0 aliphatic rings. The number of hydrogen-bond acceptors (Lipinski definition) is 5. The summed E-state index contributed by atoms with van der Waals surface area (Å²) in [5.41, 5.74) is -0.315. The zero-order valence-electron chi connectivity index (χ0n) is 8.55. The summed E-state index contributed by atoms with van der Waals surface area (Å²) in [6, 6.07) is 0. The first-order valence-corrected chi connectivity index (χ1v) is 5.79. The third-order valence-electron chi connectivity index (χ3n) is 2.10. The molecule has 0 aromatic carbocycles. The van der Waals surface area contributed by atoms with E-state index in [4.69, 9.17) is 0 Å². The molecule has 0 fully saturated rings. The number of hydrogen-bond donors (Lipinski definition) is 2. The van der Waals surface area contributed by atoms with Crippen molar-refractivity contribution in [3.05, 3.63) is 16.6 Å². The first-order chi connectivity index (χ1) is 7.45. The molecule has 2 rings (SSSR count). The fraction of sp³-hybridized carbons (Fsp3) is 0.286. The Morgan fingerprint density at radius 3 is 2.81 bits per heavy atom. The maximum Gasteiger partial charge on any atom is 0.274 e. The summed E-state index contributed by atoms with van der Waals surface area (Å²) >= 11 is 0. The second-order valence-corrected chi connectivity index (χ2v) is 4.89. The van der Waals surface area contributed by atoms with Crippen LogP contribution in [-0.2, 0) is 17.1 Å². The SMILES string of the molecule is CNS(=O)(=O)c1nc2c(cnn2C)c(=O)[nH]1. The number of fused-ring (bicyclic) bond motifs is 1. The van der Waals surface area contributed by atoms with Gasteiger partial charge in [0.15, 0.2) is 5.65 Å². The molecule has 0 aliphatic carbocycles. The van der Waals surface area contributed by atoms with Crippen molar-refractivity contribution in [3.8, 4) is 0 Å². The summed E-state index contributed by atoms with van der Waals surface area (Å²) in [6.07, 6.45) is 1.33. The summed E-state index contributed by atoms with van der Waals surface area (Å²) in [7, 11) is -0.952. The molecule has 2 N–H and O–H groups in total. The van der Waals surface area contributed by atoms with Gasteiger partial charge in [0.05, 0.1) is 6.20 Å². The Bertz CT molecular complexity index is 698. The van der Waals surface area contributed by atoms with Crippen LogP contribution in [0.25, 0.3) is 11.0 Å². The molecule has 0 saturated carbocycles. The van der Waals surface area contributed by atoms with E-state index < -0.39 is 20.7 Å². The molecule has 16 heavy (non-hydrogen) atoms. The van der Waals surface area contributed by atoms with Gasteiger partial charge in [-0.1, -0.05) is 0 Å². The average Bonchev–Trinajstić information content (AvgIpc) is 2.61. The van der Waals surface area contributed by atoms with Crippen LogP contribution in [0, 0.1) is 0 Å². The topological polar surface area (TPSA) is 110 Å². The van der Waals surface area contributed by atoms with E-state index in [1.54, 1.807) is 7.05 Å². The molecule has 0 radical (unpaired) electrons. The molecule has 0 aliphatic heterocycles. The molecule has 9 heteroatoms. The molecule has 0 saturated heterocycles. The van der Waals surface area contributed by atoms with Crippen LogP contribution in [0.2, 0.25) is 0 Å². The second-order valence-electron chi connectivity index (χ2n) is 3.08. The minimum Gasteiger partial charge on any atom is -0.295 e. The van der Waals surface area contributed by atoms with Gasteiger partial charge in [-0.25, -0.2) is 13.1 Å². The monoisotopic (exact) mass is 243 g/mol. The van der Waals surface area contributed by atoms with Crippen LogP contribution in [0.1, 0.15) is 0 Å². The fourth-order valence-electron chi connectivity index (χ4n) is 1.24.